The van der Waals surface area contributed by atoms with Gasteiger partial charge in [0, 0.05) is 23.1 Å². The van der Waals surface area contributed by atoms with Crippen molar-refractivity contribution in [3.05, 3.63) is 34.9 Å². The zero-order valence-corrected chi connectivity index (χ0v) is 13.0. The molecule has 19 heavy (non-hydrogen) atoms. The van der Waals surface area contributed by atoms with Crippen LogP contribution in [-0.2, 0) is 0 Å². The number of nitrogens with one attached hydrogen (secondary N) is 1. The molecule has 0 radical (unpaired) electrons. The first-order chi connectivity index (χ1) is 8.90. The van der Waals surface area contributed by atoms with Crippen LogP contribution in [0.1, 0.15) is 31.9 Å². The predicted molar refractivity (Wildman–Crippen MR) is 81.7 cm³/mol. The summed E-state index contributed by atoms with van der Waals surface area (Å²) in [6.07, 6.45) is 0.969. The molecule has 1 unspecified atom stereocenters. The fourth-order valence-corrected chi connectivity index (χ4v) is 2.15. The number of hydrogen-bond donors (Lipinski definition) is 2. The van der Waals surface area contributed by atoms with Crippen molar-refractivity contribution >= 4 is 11.6 Å². The largest absolute Gasteiger partial charge is 0.394 e. The summed E-state index contributed by atoms with van der Waals surface area (Å²) in [5, 5.41) is 13.5. The highest BCUT2D eigenvalue weighted by Gasteiger charge is 2.23. The summed E-state index contributed by atoms with van der Waals surface area (Å²) in [6, 6.07) is 8.22. The van der Waals surface area contributed by atoms with E-state index >= 15 is 0 Å². The minimum absolute atomic E-state index is 0.158. The number of benzene rings is 1. The molecule has 1 atom stereocenters. The third kappa shape index (κ3) is 4.77. The Morgan fingerprint density at radius 3 is 2.63 bits per heavy atom. The molecule has 0 aliphatic carbocycles. The van der Waals surface area contributed by atoms with Gasteiger partial charge in [0.2, 0.25) is 0 Å². The summed E-state index contributed by atoms with van der Waals surface area (Å²) in [6.45, 7) is 5.15. The van der Waals surface area contributed by atoms with Gasteiger partial charge in [-0.1, -0.05) is 23.7 Å². The second-order valence-electron chi connectivity index (χ2n) is 5.58. The van der Waals surface area contributed by atoms with Gasteiger partial charge in [0.1, 0.15) is 0 Å². The van der Waals surface area contributed by atoms with Gasteiger partial charge in [-0.15, -0.1) is 0 Å². The van der Waals surface area contributed by atoms with Crippen LogP contribution >= 0.6 is 11.6 Å². The second-order valence-corrected chi connectivity index (χ2v) is 6.01. The quantitative estimate of drug-likeness (QED) is 0.808. The van der Waals surface area contributed by atoms with Crippen LogP contribution in [0.2, 0.25) is 5.02 Å². The fraction of sp³-hybridized carbons (Fsp3) is 0.600. The maximum absolute atomic E-state index is 9.37. The van der Waals surface area contributed by atoms with E-state index < -0.39 is 0 Å². The summed E-state index contributed by atoms with van der Waals surface area (Å²) < 4.78 is 0. The number of rotatable bonds is 7. The molecule has 0 amide bonds. The van der Waals surface area contributed by atoms with Gasteiger partial charge in [-0.3, -0.25) is 4.90 Å². The predicted octanol–water partition coefficient (Wildman–Crippen LogP) is 2.69. The smallest absolute Gasteiger partial charge is 0.0609 e. The van der Waals surface area contributed by atoms with Crippen molar-refractivity contribution in [2.45, 2.75) is 31.8 Å². The highest BCUT2D eigenvalue weighted by Crippen LogP contribution is 2.21. The Labute approximate surface area is 121 Å². The van der Waals surface area contributed by atoms with E-state index in [0.29, 0.717) is 0 Å². The van der Waals surface area contributed by atoms with Crippen molar-refractivity contribution in [2.24, 2.45) is 0 Å². The van der Waals surface area contributed by atoms with Crippen LogP contribution in [0.15, 0.2) is 24.3 Å². The first kappa shape index (κ1) is 16.4. The molecule has 1 aromatic rings. The van der Waals surface area contributed by atoms with Crippen LogP contribution < -0.4 is 5.32 Å². The molecule has 108 valence electrons. The van der Waals surface area contributed by atoms with Crippen LogP contribution in [0.25, 0.3) is 0 Å². The molecule has 0 bridgehead atoms. The van der Waals surface area contributed by atoms with Gasteiger partial charge in [0.15, 0.2) is 0 Å². The summed E-state index contributed by atoms with van der Waals surface area (Å²) in [4.78, 5) is 2.18. The van der Waals surface area contributed by atoms with E-state index in [2.05, 4.69) is 16.3 Å². The van der Waals surface area contributed by atoms with Gasteiger partial charge >= 0.3 is 0 Å². The highest BCUT2D eigenvalue weighted by molar-refractivity contribution is 6.30. The van der Waals surface area contributed by atoms with Gasteiger partial charge < -0.3 is 10.4 Å². The third-order valence-electron chi connectivity index (χ3n) is 3.77. The molecule has 0 spiro atoms. The van der Waals surface area contributed by atoms with Crippen molar-refractivity contribution in [3.63, 3.8) is 0 Å². The second kappa shape index (κ2) is 7.25. The van der Waals surface area contributed by atoms with Crippen molar-refractivity contribution < 1.29 is 5.11 Å². The molecule has 0 fully saturated rings. The van der Waals surface area contributed by atoms with Crippen LogP contribution in [0, 0.1) is 0 Å². The first-order valence-corrected chi connectivity index (χ1v) is 7.03. The summed E-state index contributed by atoms with van der Waals surface area (Å²) in [5.41, 5.74) is 1.01. The molecule has 1 rings (SSSR count). The molecule has 0 heterocycles. The Bertz CT molecular complexity index is 395. The minimum Gasteiger partial charge on any atom is -0.394 e. The average Bonchev–Trinajstić information content (AvgIpc) is 2.39. The van der Waals surface area contributed by atoms with Gasteiger partial charge in [0.05, 0.1) is 6.61 Å². The van der Waals surface area contributed by atoms with E-state index in [1.54, 1.807) is 0 Å². The maximum Gasteiger partial charge on any atom is 0.0609 e. The Hall–Kier alpha value is -0.610. The summed E-state index contributed by atoms with van der Waals surface area (Å²) in [7, 11) is 4.00. The molecule has 0 aliphatic rings. The van der Waals surface area contributed by atoms with Crippen LogP contribution in [0.5, 0.6) is 0 Å². The average molecular weight is 285 g/mol. The number of aliphatic hydroxyl groups is 1. The lowest BCUT2D eigenvalue weighted by molar-refractivity contribution is 0.0760. The maximum atomic E-state index is 9.37. The number of nitrogens with zero attached hydrogens (tertiary/aromatic N) is 1. The summed E-state index contributed by atoms with van der Waals surface area (Å²) in [5.74, 6) is 0. The number of halogens is 1. The molecule has 0 aromatic heterocycles. The zero-order valence-electron chi connectivity index (χ0n) is 12.3. The lowest BCUT2D eigenvalue weighted by Gasteiger charge is -2.34. The lowest BCUT2D eigenvalue weighted by atomic mass is 10.0. The Balaban J connectivity index is 2.64. The molecule has 4 heteroatoms. The van der Waals surface area contributed by atoms with Gasteiger partial charge in [-0.05, 0) is 52.1 Å². The highest BCUT2D eigenvalue weighted by atomic mass is 35.5. The monoisotopic (exact) mass is 284 g/mol. The zero-order chi connectivity index (χ0) is 14.5. The molecular weight excluding hydrogens is 260 g/mol. The number of aliphatic hydroxyl groups excluding tert-OH is 1. The fourth-order valence-electron chi connectivity index (χ4n) is 1.95. The molecule has 2 N–H and O–H groups in total. The number of likely N-dealkylation sites (N-methyl/N-ethyl adjacent to an activating group) is 1. The van der Waals surface area contributed by atoms with Crippen LogP contribution in [0.4, 0.5) is 0 Å². The van der Waals surface area contributed by atoms with Gasteiger partial charge in [0.25, 0.3) is 0 Å². The molecular formula is C15H25ClN2O. The van der Waals surface area contributed by atoms with Crippen molar-refractivity contribution in [3.8, 4) is 0 Å². The van der Waals surface area contributed by atoms with Crippen molar-refractivity contribution in [1.29, 1.82) is 0 Å². The van der Waals surface area contributed by atoms with Gasteiger partial charge in [-0.25, -0.2) is 0 Å². The van der Waals surface area contributed by atoms with Crippen LogP contribution in [-0.4, -0.2) is 42.8 Å². The Kier molecular flexibility index (Phi) is 6.27. The van der Waals surface area contributed by atoms with E-state index in [1.165, 1.54) is 5.56 Å². The number of hydrogen-bond acceptors (Lipinski definition) is 3. The third-order valence-corrected chi connectivity index (χ3v) is 4.01. The van der Waals surface area contributed by atoms with E-state index in [-0.39, 0.29) is 18.2 Å². The van der Waals surface area contributed by atoms with Gasteiger partial charge in [-0.2, -0.15) is 0 Å². The standard InChI is InChI=1S/C15H25ClN2O/c1-15(2,11-19)18(4)9-8-14(17-3)12-6-5-7-13(16)10-12/h5-7,10,14,17,19H,8-9,11H2,1-4H3. The van der Waals surface area contributed by atoms with Crippen LogP contribution in [0.3, 0.4) is 0 Å². The van der Waals surface area contributed by atoms with E-state index in [0.717, 1.165) is 18.0 Å². The first-order valence-electron chi connectivity index (χ1n) is 6.65. The Morgan fingerprint density at radius 1 is 1.42 bits per heavy atom. The Morgan fingerprint density at radius 2 is 2.11 bits per heavy atom. The van der Waals surface area contributed by atoms with Crippen molar-refractivity contribution in [1.82, 2.24) is 10.2 Å². The lowest BCUT2D eigenvalue weighted by Crippen LogP contribution is -2.45. The van der Waals surface area contributed by atoms with Crippen molar-refractivity contribution in [2.75, 3.05) is 27.2 Å². The molecule has 0 saturated heterocycles. The molecule has 3 nitrogen and oxygen atoms in total. The SMILES string of the molecule is CNC(CCN(C)C(C)(C)CO)c1cccc(Cl)c1. The normalized spacial score (nSPS) is 13.8. The topological polar surface area (TPSA) is 35.5 Å². The summed E-state index contributed by atoms with van der Waals surface area (Å²) >= 11 is 6.03. The van der Waals surface area contributed by atoms with E-state index in [1.807, 2.05) is 46.1 Å². The molecule has 1 aromatic carbocycles. The molecule has 0 saturated carbocycles. The van der Waals surface area contributed by atoms with E-state index in [9.17, 15) is 5.11 Å². The van der Waals surface area contributed by atoms with E-state index in [4.69, 9.17) is 11.6 Å². The minimum atomic E-state index is -0.188. The molecule has 0 aliphatic heterocycles.